The molecule has 0 spiro atoms. The number of rotatable bonds is 2. The molecule has 0 unspecified atom stereocenters. The second kappa shape index (κ2) is 5.05. The highest BCUT2D eigenvalue weighted by molar-refractivity contribution is 8.02. The zero-order valence-electron chi connectivity index (χ0n) is 8.92. The monoisotopic (exact) mass is 245 g/mol. The Morgan fingerprint density at radius 1 is 1.19 bits per heavy atom. The van der Waals surface area contributed by atoms with E-state index in [1.165, 1.54) is 11.8 Å². The third kappa shape index (κ3) is 2.49. The Kier molecular flexibility index (Phi) is 3.70. The van der Waals surface area contributed by atoms with Crippen LogP contribution in [0.1, 0.15) is 12.8 Å². The molecule has 0 saturated carbocycles. The fourth-order valence-corrected chi connectivity index (χ4v) is 3.31. The molecule has 2 rings (SSSR count). The molecule has 2 fully saturated rings. The summed E-state index contributed by atoms with van der Waals surface area (Å²) in [6.45, 7) is 2.44. The molecule has 6 heteroatoms. The second-order valence-electron chi connectivity index (χ2n) is 3.97. The van der Waals surface area contributed by atoms with E-state index in [0.29, 0.717) is 39.1 Å². The molecule has 0 radical (unpaired) electrons. The van der Waals surface area contributed by atoms with Gasteiger partial charge >= 0.3 is 5.97 Å². The van der Waals surface area contributed by atoms with Crippen molar-refractivity contribution >= 4 is 23.6 Å². The lowest BCUT2D eigenvalue weighted by atomic mass is 10.2. The van der Waals surface area contributed by atoms with E-state index < -0.39 is 11.2 Å². The van der Waals surface area contributed by atoms with E-state index in [-0.39, 0.29) is 11.2 Å². The van der Waals surface area contributed by atoms with Crippen molar-refractivity contribution in [2.75, 3.05) is 26.3 Å². The maximum atomic E-state index is 12.0. The average Bonchev–Trinajstić information content (AvgIpc) is 2.78. The van der Waals surface area contributed by atoms with Gasteiger partial charge in [0.2, 0.25) is 5.91 Å². The predicted molar refractivity (Wildman–Crippen MR) is 59.4 cm³/mol. The molecule has 2 aliphatic heterocycles. The molecule has 1 amide bonds. The highest BCUT2D eigenvalue weighted by Crippen LogP contribution is 2.35. The SMILES string of the molecule is O=C(O)[C@@H]1CC[C@@H](C(=O)N2CCOCC2)S1. The lowest BCUT2D eigenvalue weighted by molar-refractivity contribution is -0.136. The van der Waals surface area contributed by atoms with Crippen molar-refractivity contribution in [3.8, 4) is 0 Å². The van der Waals surface area contributed by atoms with E-state index in [2.05, 4.69) is 0 Å². The van der Waals surface area contributed by atoms with Crippen LogP contribution in [0.4, 0.5) is 0 Å². The van der Waals surface area contributed by atoms with Gasteiger partial charge in [0.25, 0.3) is 0 Å². The molecule has 2 aliphatic rings. The van der Waals surface area contributed by atoms with Gasteiger partial charge in [0, 0.05) is 13.1 Å². The number of ether oxygens (including phenoxy) is 1. The summed E-state index contributed by atoms with van der Waals surface area (Å²) >= 11 is 1.29. The maximum absolute atomic E-state index is 12.0. The zero-order chi connectivity index (χ0) is 11.5. The fourth-order valence-electron chi connectivity index (χ4n) is 1.99. The average molecular weight is 245 g/mol. The molecular weight excluding hydrogens is 230 g/mol. The number of hydrogen-bond acceptors (Lipinski definition) is 4. The van der Waals surface area contributed by atoms with Crippen molar-refractivity contribution < 1.29 is 19.4 Å². The van der Waals surface area contributed by atoms with Gasteiger partial charge in [-0.05, 0) is 12.8 Å². The summed E-state index contributed by atoms with van der Waals surface area (Å²) in [5.74, 6) is -0.723. The number of amides is 1. The van der Waals surface area contributed by atoms with Gasteiger partial charge in [0.1, 0.15) is 5.25 Å². The van der Waals surface area contributed by atoms with Gasteiger partial charge < -0.3 is 14.7 Å². The molecule has 0 aliphatic carbocycles. The largest absolute Gasteiger partial charge is 0.480 e. The molecule has 2 saturated heterocycles. The Morgan fingerprint density at radius 2 is 1.81 bits per heavy atom. The highest BCUT2D eigenvalue weighted by atomic mass is 32.2. The number of carboxylic acids is 1. The van der Waals surface area contributed by atoms with Gasteiger partial charge in [-0.1, -0.05) is 0 Å². The number of carbonyl (C=O) groups excluding carboxylic acids is 1. The summed E-state index contributed by atoms with van der Waals surface area (Å²) in [7, 11) is 0. The van der Waals surface area contributed by atoms with Crippen molar-refractivity contribution in [2.24, 2.45) is 0 Å². The number of aliphatic carboxylic acids is 1. The first-order valence-electron chi connectivity index (χ1n) is 5.43. The molecule has 0 aromatic heterocycles. The minimum absolute atomic E-state index is 0.0806. The first-order valence-corrected chi connectivity index (χ1v) is 6.37. The Labute approximate surface area is 98.1 Å². The maximum Gasteiger partial charge on any atom is 0.316 e. The van der Waals surface area contributed by atoms with E-state index in [0.717, 1.165) is 0 Å². The standard InChI is InChI=1S/C10H15NO4S/c12-9(11-3-5-15-6-4-11)7-1-2-8(16-7)10(13)14/h7-8H,1-6H2,(H,13,14)/t7-,8-/m0/s1. The molecule has 90 valence electrons. The highest BCUT2D eigenvalue weighted by Gasteiger charge is 2.36. The van der Waals surface area contributed by atoms with Crippen LogP contribution in [-0.2, 0) is 14.3 Å². The zero-order valence-corrected chi connectivity index (χ0v) is 9.74. The quantitative estimate of drug-likeness (QED) is 0.752. The Bertz CT molecular complexity index is 291. The summed E-state index contributed by atoms with van der Waals surface area (Å²) < 4.78 is 5.18. The molecule has 0 bridgehead atoms. The van der Waals surface area contributed by atoms with Crippen molar-refractivity contribution in [1.29, 1.82) is 0 Å². The van der Waals surface area contributed by atoms with Crippen molar-refractivity contribution in [1.82, 2.24) is 4.90 Å². The Morgan fingerprint density at radius 3 is 2.38 bits per heavy atom. The lowest BCUT2D eigenvalue weighted by Gasteiger charge is -2.28. The third-order valence-electron chi connectivity index (χ3n) is 2.89. The topological polar surface area (TPSA) is 66.8 Å². The van der Waals surface area contributed by atoms with Crippen LogP contribution in [0.5, 0.6) is 0 Å². The summed E-state index contributed by atoms with van der Waals surface area (Å²) in [6.07, 6.45) is 1.28. The summed E-state index contributed by atoms with van der Waals surface area (Å²) in [5, 5.41) is 8.28. The van der Waals surface area contributed by atoms with E-state index in [9.17, 15) is 9.59 Å². The van der Waals surface area contributed by atoms with Gasteiger partial charge in [-0.2, -0.15) is 0 Å². The number of carbonyl (C=O) groups is 2. The van der Waals surface area contributed by atoms with Crippen molar-refractivity contribution in [2.45, 2.75) is 23.3 Å². The number of carboxylic acid groups (broad SMARTS) is 1. The normalized spacial score (nSPS) is 30.4. The number of nitrogens with zero attached hydrogens (tertiary/aromatic N) is 1. The van der Waals surface area contributed by atoms with Crippen LogP contribution in [0.15, 0.2) is 0 Å². The molecular formula is C10H15NO4S. The van der Waals surface area contributed by atoms with Gasteiger partial charge in [-0.3, -0.25) is 9.59 Å². The molecule has 16 heavy (non-hydrogen) atoms. The molecule has 2 heterocycles. The van der Waals surface area contributed by atoms with Gasteiger partial charge in [-0.25, -0.2) is 0 Å². The minimum Gasteiger partial charge on any atom is -0.480 e. The van der Waals surface area contributed by atoms with Crippen LogP contribution in [-0.4, -0.2) is 58.7 Å². The van der Waals surface area contributed by atoms with Crippen LogP contribution in [0.25, 0.3) is 0 Å². The summed E-state index contributed by atoms with van der Waals surface area (Å²) in [5.41, 5.74) is 0. The summed E-state index contributed by atoms with van der Waals surface area (Å²) in [6, 6.07) is 0. The predicted octanol–water partition coefficient (Wildman–Crippen LogP) is 0.194. The van der Waals surface area contributed by atoms with Crippen molar-refractivity contribution in [3.05, 3.63) is 0 Å². The first kappa shape index (κ1) is 11.7. The number of morpholine rings is 1. The van der Waals surface area contributed by atoms with E-state index in [1.54, 1.807) is 4.90 Å². The van der Waals surface area contributed by atoms with Gasteiger partial charge in [-0.15, -0.1) is 11.8 Å². The fraction of sp³-hybridized carbons (Fsp3) is 0.800. The smallest absolute Gasteiger partial charge is 0.316 e. The Hall–Kier alpha value is -0.750. The van der Waals surface area contributed by atoms with Crippen LogP contribution in [0.3, 0.4) is 0 Å². The van der Waals surface area contributed by atoms with Crippen LogP contribution in [0, 0.1) is 0 Å². The minimum atomic E-state index is -0.803. The van der Waals surface area contributed by atoms with Crippen LogP contribution >= 0.6 is 11.8 Å². The van der Waals surface area contributed by atoms with E-state index >= 15 is 0 Å². The number of thioether (sulfide) groups is 1. The lowest BCUT2D eigenvalue weighted by Crippen LogP contribution is -2.44. The molecule has 2 atom stereocenters. The molecule has 0 aromatic carbocycles. The van der Waals surface area contributed by atoms with Crippen LogP contribution in [0.2, 0.25) is 0 Å². The van der Waals surface area contributed by atoms with Gasteiger partial charge in [0.15, 0.2) is 0 Å². The van der Waals surface area contributed by atoms with Crippen molar-refractivity contribution in [3.63, 3.8) is 0 Å². The van der Waals surface area contributed by atoms with E-state index in [1.807, 2.05) is 0 Å². The number of hydrogen-bond donors (Lipinski definition) is 1. The summed E-state index contributed by atoms with van der Waals surface area (Å²) in [4.78, 5) is 24.6. The molecule has 1 N–H and O–H groups in total. The first-order chi connectivity index (χ1) is 7.68. The van der Waals surface area contributed by atoms with Crippen LogP contribution < -0.4 is 0 Å². The molecule has 0 aromatic rings. The third-order valence-corrected chi connectivity index (χ3v) is 4.42. The van der Waals surface area contributed by atoms with E-state index in [4.69, 9.17) is 9.84 Å². The Balaban J connectivity index is 1.88. The van der Waals surface area contributed by atoms with Gasteiger partial charge in [0.05, 0.1) is 18.5 Å². The second-order valence-corrected chi connectivity index (χ2v) is 5.38. The molecule has 5 nitrogen and oxygen atoms in total.